The predicted molar refractivity (Wildman–Crippen MR) is 59.5 cm³/mol. The van der Waals surface area contributed by atoms with Crippen molar-refractivity contribution in [2.45, 2.75) is 6.92 Å². The molecule has 0 radical (unpaired) electrons. The van der Waals surface area contributed by atoms with Crippen LogP contribution in [0.3, 0.4) is 0 Å². The molecule has 0 fully saturated rings. The molecule has 1 aromatic carbocycles. The summed E-state index contributed by atoms with van der Waals surface area (Å²) in [6.07, 6.45) is 1.92. The van der Waals surface area contributed by atoms with Crippen LogP contribution >= 0.6 is 11.6 Å². The highest BCUT2D eigenvalue weighted by Crippen LogP contribution is 2.29. The number of carboxylic acid groups (broad SMARTS) is 1. The zero-order chi connectivity index (χ0) is 12.3. The number of nitrogens with zero attached hydrogens (tertiary/aromatic N) is 1. The van der Waals surface area contributed by atoms with E-state index in [9.17, 15) is 14.9 Å². The molecule has 84 valence electrons. The Bertz CT molecular complexity index is 482. The van der Waals surface area contributed by atoms with Crippen LogP contribution in [0.25, 0.3) is 6.08 Å². The Balaban J connectivity index is 3.35. The third-order valence-electron chi connectivity index (χ3n) is 1.84. The minimum absolute atomic E-state index is 0.0969. The molecule has 0 aliphatic heterocycles. The Labute approximate surface area is 96.1 Å². The van der Waals surface area contributed by atoms with E-state index in [0.29, 0.717) is 5.56 Å². The van der Waals surface area contributed by atoms with E-state index < -0.39 is 10.9 Å². The van der Waals surface area contributed by atoms with Crippen molar-refractivity contribution in [3.05, 3.63) is 44.5 Å². The van der Waals surface area contributed by atoms with E-state index in [1.54, 1.807) is 6.92 Å². The van der Waals surface area contributed by atoms with E-state index in [4.69, 9.17) is 16.7 Å². The fourth-order valence-electron chi connectivity index (χ4n) is 1.21. The SMILES string of the molecule is Cc1cc(Cl)c(/C=C/C(=O)O)c([N+](=O)[O-])c1. The number of aryl methyl sites for hydroxylation is 1. The monoisotopic (exact) mass is 241 g/mol. The number of nitro benzene ring substituents is 1. The second-order valence-corrected chi connectivity index (χ2v) is 3.52. The van der Waals surface area contributed by atoms with Crippen molar-refractivity contribution in [2.24, 2.45) is 0 Å². The van der Waals surface area contributed by atoms with Gasteiger partial charge in [-0.3, -0.25) is 10.1 Å². The third kappa shape index (κ3) is 2.80. The highest BCUT2D eigenvalue weighted by atomic mass is 35.5. The number of carboxylic acids is 1. The average Bonchev–Trinajstić information content (AvgIpc) is 2.14. The number of halogens is 1. The van der Waals surface area contributed by atoms with Crippen LogP contribution < -0.4 is 0 Å². The van der Waals surface area contributed by atoms with E-state index in [2.05, 4.69) is 0 Å². The molecule has 5 nitrogen and oxygen atoms in total. The minimum atomic E-state index is -1.19. The van der Waals surface area contributed by atoms with E-state index in [0.717, 1.165) is 12.2 Å². The Kier molecular flexibility index (Phi) is 3.63. The molecule has 1 rings (SSSR count). The van der Waals surface area contributed by atoms with Gasteiger partial charge in [0.05, 0.1) is 15.5 Å². The van der Waals surface area contributed by atoms with Gasteiger partial charge < -0.3 is 5.11 Å². The molecule has 1 N–H and O–H groups in total. The lowest BCUT2D eigenvalue weighted by Crippen LogP contribution is -1.94. The summed E-state index contributed by atoms with van der Waals surface area (Å²) in [7, 11) is 0. The van der Waals surface area contributed by atoms with Gasteiger partial charge in [-0.15, -0.1) is 0 Å². The van der Waals surface area contributed by atoms with Gasteiger partial charge in [0.25, 0.3) is 5.69 Å². The van der Waals surface area contributed by atoms with E-state index in [1.807, 2.05) is 0 Å². The molecular weight excluding hydrogens is 234 g/mol. The molecule has 16 heavy (non-hydrogen) atoms. The number of rotatable bonds is 3. The number of nitro groups is 1. The highest BCUT2D eigenvalue weighted by Gasteiger charge is 2.15. The van der Waals surface area contributed by atoms with Crippen molar-refractivity contribution in [3.8, 4) is 0 Å². The Morgan fingerprint density at radius 1 is 1.56 bits per heavy atom. The van der Waals surface area contributed by atoms with Crippen LogP contribution in [0.4, 0.5) is 5.69 Å². The maximum atomic E-state index is 10.7. The normalized spacial score (nSPS) is 10.6. The summed E-state index contributed by atoms with van der Waals surface area (Å²) < 4.78 is 0. The molecule has 6 heteroatoms. The summed E-state index contributed by atoms with van der Waals surface area (Å²) >= 11 is 5.81. The van der Waals surface area contributed by atoms with Crippen molar-refractivity contribution >= 4 is 29.3 Å². The van der Waals surface area contributed by atoms with Crippen LogP contribution in [-0.2, 0) is 4.79 Å². The van der Waals surface area contributed by atoms with E-state index in [-0.39, 0.29) is 16.3 Å². The van der Waals surface area contributed by atoms with Crippen LogP contribution in [0.2, 0.25) is 5.02 Å². The van der Waals surface area contributed by atoms with Crippen LogP contribution in [0.15, 0.2) is 18.2 Å². The lowest BCUT2D eigenvalue weighted by molar-refractivity contribution is -0.385. The van der Waals surface area contributed by atoms with Gasteiger partial charge in [0.2, 0.25) is 0 Å². The number of aliphatic carboxylic acids is 1. The number of hydrogen-bond acceptors (Lipinski definition) is 3. The molecule has 0 atom stereocenters. The first-order chi connectivity index (χ1) is 7.41. The van der Waals surface area contributed by atoms with Crippen LogP contribution in [-0.4, -0.2) is 16.0 Å². The molecular formula is C10H8ClNO4. The molecule has 0 spiro atoms. The second kappa shape index (κ2) is 4.76. The Morgan fingerprint density at radius 3 is 2.69 bits per heavy atom. The van der Waals surface area contributed by atoms with Crippen LogP contribution in [0, 0.1) is 17.0 Å². The van der Waals surface area contributed by atoms with Gasteiger partial charge in [0.15, 0.2) is 0 Å². The molecule has 0 bridgehead atoms. The zero-order valence-corrected chi connectivity index (χ0v) is 9.06. The lowest BCUT2D eigenvalue weighted by atomic mass is 10.1. The van der Waals surface area contributed by atoms with Gasteiger partial charge in [0.1, 0.15) is 0 Å². The summed E-state index contributed by atoms with van der Waals surface area (Å²) in [5.41, 5.74) is 0.534. The van der Waals surface area contributed by atoms with Gasteiger partial charge >= 0.3 is 5.97 Å². The third-order valence-corrected chi connectivity index (χ3v) is 2.15. The summed E-state index contributed by atoms with van der Waals surface area (Å²) in [5, 5.41) is 19.3. The van der Waals surface area contributed by atoms with Crippen molar-refractivity contribution in [1.82, 2.24) is 0 Å². The van der Waals surface area contributed by atoms with Crippen molar-refractivity contribution in [2.75, 3.05) is 0 Å². The molecule has 0 aromatic heterocycles. The van der Waals surface area contributed by atoms with Gasteiger partial charge in [-0.05, 0) is 24.6 Å². The summed E-state index contributed by atoms with van der Waals surface area (Å²) in [5.74, 6) is -1.19. The fourth-order valence-corrected chi connectivity index (χ4v) is 1.54. The predicted octanol–water partition coefficient (Wildman–Crippen LogP) is 2.65. The molecule has 0 amide bonds. The summed E-state index contributed by atoms with van der Waals surface area (Å²) in [6.45, 7) is 1.67. The van der Waals surface area contributed by atoms with Crippen LogP contribution in [0.1, 0.15) is 11.1 Å². The van der Waals surface area contributed by atoms with E-state index in [1.165, 1.54) is 12.1 Å². The quantitative estimate of drug-likeness (QED) is 0.501. The maximum absolute atomic E-state index is 10.7. The molecule has 0 unspecified atom stereocenters. The standard InChI is InChI=1S/C10H8ClNO4/c1-6-4-8(11)7(2-3-10(13)14)9(5-6)12(15)16/h2-5H,1H3,(H,13,14)/b3-2+. The van der Waals surface area contributed by atoms with Crippen LogP contribution in [0.5, 0.6) is 0 Å². The molecule has 0 heterocycles. The molecule has 0 aliphatic carbocycles. The smallest absolute Gasteiger partial charge is 0.328 e. The van der Waals surface area contributed by atoms with Crippen molar-refractivity contribution < 1.29 is 14.8 Å². The molecule has 0 saturated heterocycles. The molecule has 0 aliphatic rings. The van der Waals surface area contributed by atoms with Gasteiger partial charge in [-0.2, -0.15) is 0 Å². The van der Waals surface area contributed by atoms with Crippen molar-refractivity contribution in [1.29, 1.82) is 0 Å². The number of carbonyl (C=O) groups is 1. The first-order valence-electron chi connectivity index (χ1n) is 4.27. The number of hydrogen-bond donors (Lipinski definition) is 1. The lowest BCUT2D eigenvalue weighted by Gasteiger charge is -2.02. The van der Waals surface area contributed by atoms with Gasteiger partial charge in [0, 0.05) is 12.1 Å². The zero-order valence-electron chi connectivity index (χ0n) is 8.31. The van der Waals surface area contributed by atoms with E-state index >= 15 is 0 Å². The average molecular weight is 242 g/mol. The number of benzene rings is 1. The largest absolute Gasteiger partial charge is 0.478 e. The first-order valence-corrected chi connectivity index (χ1v) is 4.65. The topological polar surface area (TPSA) is 80.4 Å². The van der Waals surface area contributed by atoms with Gasteiger partial charge in [-0.1, -0.05) is 11.6 Å². The van der Waals surface area contributed by atoms with Gasteiger partial charge in [-0.25, -0.2) is 4.79 Å². The Hall–Kier alpha value is -1.88. The summed E-state index contributed by atoms with van der Waals surface area (Å²) in [6, 6.07) is 2.88. The summed E-state index contributed by atoms with van der Waals surface area (Å²) in [4.78, 5) is 20.5. The van der Waals surface area contributed by atoms with Crippen molar-refractivity contribution in [3.63, 3.8) is 0 Å². The molecule has 1 aromatic rings. The Morgan fingerprint density at radius 2 is 2.19 bits per heavy atom. The first kappa shape index (κ1) is 12.2. The maximum Gasteiger partial charge on any atom is 0.328 e. The fraction of sp³-hybridized carbons (Fsp3) is 0.100. The minimum Gasteiger partial charge on any atom is -0.478 e. The molecule has 0 saturated carbocycles. The second-order valence-electron chi connectivity index (χ2n) is 3.11. The highest BCUT2D eigenvalue weighted by molar-refractivity contribution is 6.32.